The van der Waals surface area contributed by atoms with Gasteiger partial charge in [0.1, 0.15) is 17.0 Å². The highest BCUT2D eigenvalue weighted by atomic mass is 35.5. The normalized spacial score (nSPS) is 10.5. The van der Waals surface area contributed by atoms with Crippen molar-refractivity contribution in [3.63, 3.8) is 0 Å². The lowest BCUT2D eigenvalue weighted by molar-refractivity contribution is -0.385. The monoisotopic (exact) mass is 364 g/mol. The fourth-order valence-corrected chi connectivity index (χ4v) is 2.41. The van der Waals surface area contributed by atoms with E-state index in [0.717, 1.165) is 11.8 Å². The molecule has 0 aliphatic rings. The molecule has 2 heterocycles. The first-order chi connectivity index (χ1) is 11.6. The third-order valence-electron chi connectivity index (χ3n) is 2.75. The lowest BCUT2D eigenvalue weighted by Crippen LogP contribution is -1.95. The summed E-state index contributed by atoms with van der Waals surface area (Å²) in [5.41, 5.74) is -0.0815. The van der Waals surface area contributed by atoms with Crippen molar-refractivity contribution in [3.8, 4) is 5.75 Å². The van der Waals surface area contributed by atoms with E-state index in [-0.39, 0.29) is 17.5 Å². The van der Waals surface area contributed by atoms with Gasteiger partial charge in [0.05, 0.1) is 4.92 Å². The summed E-state index contributed by atoms with van der Waals surface area (Å²) in [6.45, 7) is 0.114. The van der Waals surface area contributed by atoms with Crippen molar-refractivity contribution < 1.29 is 14.1 Å². The van der Waals surface area contributed by atoms with Gasteiger partial charge in [-0.2, -0.15) is 0 Å². The molecule has 2 aromatic heterocycles. The van der Waals surface area contributed by atoms with E-state index in [0.29, 0.717) is 21.7 Å². The summed E-state index contributed by atoms with van der Waals surface area (Å²) in [6, 6.07) is 9.76. The maximum Gasteiger partial charge on any atom is 0.287 e. The van der Waals surface area contributed by atoms with Gasteiger partial charge in [0.2, 0.25) is 0 Å². The van der Waals surface area contributed by atoms with Gasteiger partial charge in [0.25, 0.3) is 16.8 Å². The van der Waals surface area contributed by atoms with Crippen LogP contribution < -0.4 is 4.74 Å². The zero-order valence-corrected chi connectivity index (χ0v) is 13.5. The number of benzene rings is 1. The molecule has 0 aliphatic heterocycles. The van der Waals surface area contributed by atoms with Crippen LogP contribution in [0.15, 0.2) is 57.3 Å². The number of halogens is 1. The minimum absolute atomic E-state index is 0.0815. The summed E-state index contributed by atoms with van der Waals surface area (Å²) in [5, 5.41) is 19.7. The fraction of sp³-hybridized carbons (Fsp3) is 0.0714. The molecule has 8 nitrogen and oxygen atoms in total. The second-order valence-corrected chi connectivity index (χ2v) is 5.83. The van der Waals surface area contributed by atoms with E-state index in [1.807, 2.05) is 0 Å². The SMILES string of the molecule is O=[N+]([O-])c1ccc(Sc2nnc(COc3ccc(Cl)cc3)o2)nc1. The molecule has 0 fully saturated rings. The fourth-order valence-electron chi connectivity index (χ4n) is 1.64. The maximum absolute atomic E-state index is 10.6. The number of nitrogens with zero attached hydrogens (tertiary/aromatic N) is 4. The van der Waals surface area contributed by atoms with Gasteiger partial charge in [-0.05, 0) is 42.1 Å². The van der Waals surface area contributed by atoms with E-state index in [9.17, 15) is 10.1 Å². The third-order valence-corrected chi connectivity index (χ3v) is 3.79. The van der Waals surface area contributed by atoms with Crippen molar-refractivity contribution in [2.45, 2.75) is 16.9 Å². The van der Waals surface area contributed by atoms with E-state index in [1.54, 1.807) is 24.3 Å². The van der Waals surface area contributed by atoms with Gasteiger partial charge in [0.15, 0.2) is 6.61 Å². The van der Waals surface area contributed by atoms with Crippen molar-refractivity contribution in [1.82, 2.24) is 15.2 Å². The molecule has 3 rings (SSSR count). The molecular formula is C14H9ClN4O4S. The average Bonchev–Trinajstić information content (AvgIpc) is 3.02. The predicted octanol–water partition coefficient (Wildman–Crippen LogP) is 3.76. The van der Waals surface area contributed by atoms with Gasteiger partial charge < -0.3 is 9.15 Å². The Morgan fingerprint density at radius 3 is 2.67 bits per heavy atom. The molecule has 0 bridgehead atoms. The Balaban J connectivity index is 1.58. The molecule has 0 atom stereocenters. The second kappa shape index (κ2) is 7.28. The van der Waals surface area contributed by atoms with Gasteiger partial charge in [0, 0.05) is 11.1 Å². The summed E-state index contributed by atoms with van der Waals surface area (Å²) < 4.78 is 10.9. The van der Waals surface area contributed by atoms with Gasteiger partial charge in [-0.15, -0.1) is 10.2 Å². The van der Waals surface area contributed by atoms with Crippen LogP contribution in [0.25, 0.3) is 0 Å². The van der Waals surface area contributed by atoms with Crippen LogP contribution >= 0.6 is 23.4 Å². The first-order valence-corrected chi connectivity index (χ1v) is 7.78. The molecule has 0 amide bonds. The number of rotatable bonds is 6. The molecule has 10 heteroatoms. The van der Waals surface area contributed by atoms with Crippen molar-refractivity contribution in [1.29, 1.82) is 0 Å². The molecule has 24 heavy (non-hydrogen) atoms. The Morgan fingerprint density at radius 1 is 1.21 bits per heavy atom. The summed E-state index contributed by atoms with van der Waals surface area (Å²) in [5.74, 6) is 0.929. The quantitative estimate of drug-likeness (QED) is 0.481. The molecule has 3 aromatic rings. The highest BCUT2D eigenvalue weighted by molar-refractivity contribution is 7.99. The Bertz CT molecular complexity index is 839. The smallest absolute Gasteiger partial charge is 0.287 e. The molecule has 0 aliphatic carbocycles. The number of hydrogen-bond acceptors (Lipinski definition) is 8. The third kappa shape index (κ3) is 4.21. The summed E-state index contributed by atoms with van der Waals surface area (Å²) in [4.78, 5) is 14.0. The van der Waals surface area contributed by atoms with Crippen LogP contribution in [0, 0.1) is 10.1 Å². The van der Waals surface area contributed by atoms with E-state index in [2.05, 4.69) is 15.2 Å². The number of pyridine rings is 1. The number of ether oxygens (including phenoxy) is 1. The van der Waals surface area contributed by atoms with Gasteiger partial charge in [-0.25, -0.2) is 4.98 Å². The molecule has 1 aromatic carbocycles. The molecule has 122 valence electrons. The lowest BCUT2D eigenvalue weighted by Gasteiger charge is -2.02. The zero-order chi connectivity index (χ0) is 16.9. The van der Waals surface area contributed by atoms with Crippen LogP contribution in [0.3, 0.4) is 0 Å². The lowest BCUT2D eigenvalue weighted by atomic mass is 10.3. The molecule has 0 radical (unpaired) electrons. The highest BCUT2D eigenvalue weighted by Gasteiger charge is 2.11. The van der Waals surface area contributed by atoms with Crippen molar-refractivity contribution in [2.75, 3.05) is 0 Å². The van der Waals surface area contributed by atoms with Crippen LogP contribution in [-0.2, 0) is 6.61 Å². The van der Waals surface area contributed by atoms with Crippen molar-refractivity contribution in [3.05, 3.63) is 63.6 Å². The molecule has 0 unspecified atom stereocenters. The van der Waals surface area contributed by atoms with E-state index >= 15 is 0 Å². The predicted molar refractivity (Wildman–Crippen MR) is 85.1 cm³/mol. The van der Waals surface area contributed by atoms with Crippen molar-refractivity contribution in [2.24, 2.45) is 0 Å². The van der Waals surface area contributed by atoms with Crippen LogP contribution in [0.5, 0.6) is 5.75 Å². The zero-order valence-electron chi connectivity index (χ0n) is 12.0. The van der Waals surface area contributed by atoms with Crippen LogP contribution in [0.2, 0.25) is 5.02 Å². The van der Waals surface area contributed by atoms with Crippen LogP contribution in [0.4, 0.5) is 5.69 Å². The Labute approximate surface area is 145 Å². The molecule has 0 saturated heterocycles. The standard InChI is InChI=1S/C14H9ClN4O4S/c15-9-1-4-11(5-2-9)22-8-12-17-18-14(23-12)24-13-6-3-10(7-16-13)19(20)21/h1-7H,8H2. The van der Waals surface area contributed by atoms with Gasteiger partial charge in [-0.3, -0.25) is 10.1 Å². The largest absolute Gasteiger partial charge is 0.484 e. The summed E-state index contributed by atoms with van der Waals surface area (Å²) >= 11 is 6.90. The van der Waals surface area contributed by atoms with Gasteiger partial charge in [-0.1, -0.05) is 11.6 Å². The second-order valence-electron chi connectivity index (χ2n) is 4.42. The highest BCUT2D eigenvalue weighted by Crippen LogP contribution is 2.26. The summed E-state index contributed by atoms with van der Waals surface area (Å²) in [6.07, 6.45) is 1.17. The molecule has 0 saturated carbocycles. The molecular weight excluding hydrogens is 356 g/mol. The van der Waals surface area contributed by atoms with E-state index < -0.39 is 4.92 Å². The van der Waals surface area contributed by atoms with Crippen molar-refractivity contribution >= 4 is 29.1 Å². The maximum atomic E-state index is 10.6. The Morgan fingerprint density at radius 2 is 2.00 bits per heavy atom. The topological polar surface area (TPSA) is 104 Å². The first kappa shape index (κ1) is 16.2. The summed E-state index contributed by atoms with van der Waals surface area (Å²) in [7, 11) is 0. The Kier molecular flexibility index (Phi) is 4.92. The minimum Gasteiger partial charge on any atom is -0.484 e. The number of hydrogen-bond donors (Lipinski definition) is 0. The number of aromatic nitrogens is 3. The molecule has 0 spiro atoms. The average molecular weight is 365 g/mol. The van der Waals surface area contributed by atoms with E-state index in [1.165, 1.54) is 18.3 Å². The first-order valence-electron chi connectivity index (χ1n) is 6.59. The minimum atomic E-state index is -0.514. The van der Waals surface area contributed by atoms with E-state index in [4.69, 9.17) is 20.8 Å². The Hall–Kier alpha value is -2.65. The van der Waals surface area contributed by atoms with Crippen LogP contribution in [-0.4, -0.2) is 20.1 Å². The van der Waals surface area contributed by atoms with Crippen LogP contribution in [0.1, 0.15) is 5.89 Å². The van der Waals surface area contributed by atoms with Gasteiger partial charge >= 0.3 is 0 Å². The number of nitro groups is 1. The molecule has 0 N–H and O–H groups in total.